The van der Waals surface area contributed by atoms with Gasteiger partial charge in [0.05, 0.1) is 36.4 Å². The van der Waals surface area contributed by atoms with E-state index < -0.39 is 18.5 Å². The van der Waals surface area contributed by atoms with Crippen LogP contribution in [0.5, 0.6) is 0 Å². The van der Waals surface area contributed by atoms with E-state index in [2.05, 4.69) is 30.9 Å². The Kier molecular flexibility index (Phi) is 6.81. The van der Waals surface area contributed by atoms with Crippen molar-refractivity contribution in [2.24, 2.45) is 5.92 Å². The molecule has 11 heteroatoms. The third-order valence-corrected chi connectivity index (χ3v) is 4.45. The van der Waals surface area contributed by atoms with E-state index in [0.717, 1.165) is 19.8 Å². The molecule has 3 N–H and O–H groups in total. The fourth-order valence-corrected chi connectivity index (χ4v) is 2.70. The second-order valence-corrected chi connectivity index (χ2v) is 7.37. The van der Waals surface area contributed by atoms with Gasteiger partial charge >= 0.3 is 0 Å². The largest absolute Gasteiger partial charge is 0.372 e. The number of pyridine rings is 1. The van der Waals surface area contributed by atoms with Gasteiger partial charge in [-0.2, -0.15) is 5.26 Å². The van der Waals surface area contributed by atoms with Crippen molar-refractivity contribution in [3.05, 3.63) is 30.4 Å². The molecule has 31 heavy (non-hydrogen) atoms. The average Bonchev–Trinajstić information content (AvgIpc) is 3.58. The van der Waals surface area contributed by atoms with Crippen LogP contribution in [-0.4, -0.2) is 52.2 Å². The molecule has 1 amide bonds. The van der Waals surface area contributed by atoms with Gasteiger partial charge < -0.3 is 20.7 Å². The van der Waals surface area contributed by atoms with Crippen LogP contribution in [0.15, 0.2) is 24.7 Å². The molecule has 0 radical (unpaired) electrons. The molecule has 1 fully saturated rings. The van der Waals surface area contributed by atoms with E-state index in [1.54, 1.807) is 6.07 Å². The first-order valence-corrected chi connectivity index (χ1v) is 9.63. The first-order chi connectivity index (χ1) is 14.8. The van der Waals surface area contributed by atoms with Gasteiger partial charge in [-0.25, -0.2) is 18.7 Å². The van der Waals surface area contributed by atoms with E-state index in [4.69, 9.17) is 0 Å². The molecule has 2 heterocycles. The summed E-state index contributed by atoms with van der Waals surface area (Å²) in [6.45, 7) is 0.132. The molecule has 1 atom stereocenters. The van der Waals surface area contributed by atoms with Crippen molar-refractivity contribution >= 4 is 23.7 Å². The highest BCUT2D eigenvalue weighted by atomic mass is 19.3. The molecule has 2 aromatic rings. The SMILES string of the molecule is CC(F)(F)CNCC(C=O)Nc1cc(-c2cnc(NC(=O)C3CC3)cn2)cnc1C#N. The lowest BCUT2D eigenvalue weighted by atomic mass is 10.1. The van der Waals surface area contributed by atoms with E-state index in [-0.39, 0.29) is 29.8 Å². The molecule has 3 rings (SSSR count). The van der Waals surface area contributed by atoms with Gasteiger partial charge in [-0.15, -0.1) is 0 Å². The number of amides is 1. The first kappa shape index (κ1) is 22.2. The van der Waals surface area contributed by atoms with Gasteiger partial charge in [0.15, 0.2) is 11.5 Å². The molecule has 1 aliphatic rings. The van der Waals surface area contributed by atoms with Gasteiger partial charge in [-0.1, -0.05) is 0 Å². The Morgan fingerprint density at radius 2 is 2.10 bits per heavy atom. The smallest absolute Gasteiger partial charge is 0.257 e. The standard InChI is InChI=1S/C20H21F2N7O2/c1-20(21,22)11-24-7-14(10-30)28-15-4-13(6-25-16(15)5-23)17-8-27-18(9-26-17)29-19(31)12-2-3-12/h4,6,8-10,12,14,24,28H,2-3,7,11H2,1H3,(H,27,29,31). The summed E-state index contributed by atoms with van der Waals surface area (Å²) in [4.78, 5) is 35.6. The Morgan fingerprint density at radius 3 is 2.68 bits per heavy atom. The van der Waals surface area contributed by atoms with E-state index >= 15 is 0 Å². The maximum absolute atomic E-state index is 12.9. The first-order valence-electron chi connectivity index (χ1n) is 9.63. The maximum Gasteiger partial charge on any atom is 0.257 e. The fourth-order valence-electron chi connectivity index (χ4n) is 2.70. The lowest BCUT2D eigenvalue weighted by molar-refractivity contribution is -0.117. The zero-order valence-electron chi connectivity index (χ0n) is 16.7. The van der Waals surface area contributed by atoms with Gasteiger partial charge in [0.1, 0.15) is 12.4 Å². The van der Waals surface area contributed by atoms with Gasteiger partial charge in [0.25, 0.3) is 5.92 Å². The molecule has 0 aromatic carbocycles. The van der Waals surface area contributed by atoms with Crippen molar-refractivity contribution in [3.63, 3.8) is 0 Å². The van der Waals surface area contributed by atoms with Crippen LogP contribution >= 0.6 is 0 Å². The number of hydrogen-bond donors (Lipinski definition) is 3. The van der Waals surface area contributed by atoms with Gasteiger partial charge in [-0.05, 0) is 18.9 Å². The fraction of sp³-hybridized carbons (Fsp3) is 0.400. The summed E-state index contributed by atoms with van der Waals surface area (Å²) >= 11 is 0. The Morgan fingerprint density at radius 1 is 1.32 bits per heavy atom. The summed E-state index contributed by atoms with van der Waals surface area (Å²) in [5.74, 6) is -2.61. The van der Waals surface area contributed by atoms with Crippen LogP contribution in [0.2, 0.25) is 0 Å². The molecule has 1 unspecified atom stereocenters. The van der Waals surface area contributed by atoms with E-state index in [9.17, 15) is 23.6 Å². The minimum atomic E-state index is -2.91. The van der Waals surface area contributed by atoms with Crippen LogP contribution in [0.25, 0.3) is 11.3 Å². The second kappa shape index (κ2) is 9.53. The molecule has 0 aliphatic heterocycles. The summed E-state index contributed by atoms with van der Waals surface area (Å²) in [5.41, 5.74) is 1.26. The lowest BCUT2D eigenvalue weighted by Crippen LogP contribution is -2.39. The monoisotopic (exact) mass is 429 g/mol. The molecule has 0 spiro atoms. The van der Waals surface area contributed by atoms with Gasteiger partial charge in [-0.3, -0.25) is 9.78 Å². The normalized spacial score (nSPS) is 14.4. The minimum absolute atomic E-state index is 0.0395. The highest BCUT2D eigenvalue weighted by Gasteiger charge is 2.29. The summed E-state index contributed by atoms with van der Waals surface area (Å²) < 4.78 is 25.9. The highest BCUT2D eigenvalue weighted by molar-refractivity contribution is 5.93. The van der Waals surface area contributed by atoms with Crippen LogP contribution in [0, 0.1) is 17.2 Å². The summed E-state index contributed by atoms with van der Waals surface area (Å²) in [6.07, 6.45) is 6.62. The number of nitriles is 1. The Balaban J connectivity index is 1.71. The molecule has 162 valence electrons. The molecular formula is C20H21F2N7O2. The number of hydrogen-bond acceptors (Lipinski definition) is 8. The van der Waals surface area contributed by atoms with Crippen molar-refractivity contribution in [1.82, 2.24) is 20.3 Å². The van der Waals surface area contributed by atoms with Crippen molar-refractivity contribution in [3.8, 4) is 17.3 Å². The number of nitrogens with zero attached hydrogens (tertiary/aromatic N) is 4. The van der Waals surface area contributed by atoms with Crippen LogP contribution in [0.4, 0.5) is 20.3 Å². The number of anilines is 2. The van der Waals surface area contributed by atoms with E-state index in [0.29, 0.717) is 23.4 Å². The Labute approximate surface area is 177 Å². The van der Waals surface area contributed by atoms with Crippen molar-refractivity contribution in [1.29, 1.82) is 5.26 Å². The summed E-state index contributed by atoms with van der Waals surface area (Å²) in [7, 11) is 0. The zero-order chi connectivity index (χ0) is 22.4. The molecule has 2 aromatic heterocycles. The van der Waals surface area contributed by atoms with Crippen molar-refractivity contribution in [2.45, 2.75) is 31.7 Å². The van der Waals surface area contributed by atoms with Crippen molar-refractivity contribution < 1.29 is 18.4 Å². The highest BCUT2D eigenvalue weighted by Crippen LogP contribution is 2.30. The molecule has 9 nitrogen and oxygen atoms in total. The topological polar surface area (TPSA) is 133 Å². The molecule has 1 saturated carbocycles. The van der Waals surface area contributed by atoms with Crippen LogP contribution in [-0.2, 0) is 9.59 Å². The molecule has 1 aliphatic carbocycles. The number of carbonyl (C=O) groups excluding carboxylic acids is 2. The number of halogens is 2. The Bertz CT molecular complexity index is 983. The zero-order valence-corrected chi connectivity index (χ0v) is 16.7. The number of aldehydes is 1. The third kappa shape index (κ3) is 6.48. The molecule has 0 bridgehead atoms. The minimum Gasteiger partial charge on any atom is -0.372 e. The molecular weight excluding hydrogens is 408 g/mol. The summed E-state index contributed by atoms with van der Waals surface area (Å²) in [6, 6.07) is 2.64. The van der Waals surface area contributed by atoms with Crippen LogP contribution in [0.1, 0.15) is 25.5 Å². The summed E-state index contributed by atoms with van der Waals surface area (Å²) in [5, 5.41) is 17.3. The Hall–Kier alpha value is -3.52. The second-order valence-electron chi connectivity index (χ2n) is 7.37. The maximum atomic E-state index is 12.9. The quantitative estimate of drug-likeness (QED) is 0.489. The van der Waals surface area contributed by atoms with Gasteiger partial charge in [0.2, 0.25) is 5.91 Å². The number of nitrogens with one attached hydrogen (secondary N) is 3. The predicted molar refractivity (Wildman–Crippen MR) is 108 cm³/mol. The number of carbonyl (C=O) groups is 2. The number of rotatable bonds is 10. The van der Waals surface area contributed by atoms with Crippen molar-refractivity contribution in [2.75, 3.05) is 23.7 Å². The number of alkyl halides is 2. The lowest BCUT2D eigenvalue weighted by Gasteiger charge is -2.18. The third-order valence-electron chi connectivity index (χ3n) is 4.45. The molecule has 0 saturated heterocycles. The van der Waals surface area contributed by atoms with Gasteiger partial charge in [0, 0.05) is 31.1 Å². The number of aromatic nitrogens is 3. The van der Waals surface area contributed by atoms with Crippen LogP contribution in [0.3, 0.4) is 0 Å². The predicted octanol–water partition coefficient (Wildman–Crippen LogP) is 1.98. The van der Waals surface area contributed by atoms with E-state index in [1.807, 2.05) is 6.07 Å². The van der Waals surface area contributed by atoms with E-state index in [1.165, 1.54) is 18.6 Å². The van der Waals surface area contributed by atoms with Crippen LogP contribution < -0.4 is 16.0 Å². The average molecular weight is 429 g/mol.